The van der Waals surface area contributed by atoms with Crippen molar-refractivity contribution in [1.82, 2.24) is 0 Å². The molecule has 0 amide bonds. The van der Waals surface area contributed by atoms with Crippen molar-refractivity contribution in [1.29, 1.82) is 0 Å². The second kappa shape index (κ2) is 3.01. The molecule has 0 spiro atoms. The van der Waals surface area contributed by atoms with Crippen LogP contribution >= 0.6 is 0 Å². The summed E-state index contributed by atoms with van der Waals surface area (Å²) in [5, 5.41) is 9.05. The molecular formula is C6H12IO-. The number of hydrogen-bond donors (Lipinski definition) is 1. The number of halogens is 1. The van der Waals surface area contributed by atoms with Crippen LogP contribution in [0, 0.1) is 0 Å². The van der Waals surface area contributed by atoms with Gasteiger partial charge in [0.15, 0.2) is 0 Å². The van der Waals surface area contributed by atoms with Crippen LogP contribution in [0.2, 0.25) is 0 Å². The van der Waals surface area contributed by atoms with Crippen LogP contribution in [0.3, 0.4) is 0 Å². The summed E-state index contributed by atoms with van der Waals surface area (Å²) in [5.41, 5.74) is 0. The summed E-state index contributed by atoms with van der Waals surface area (Å²) in [5.74, 6) is 0. The number of aliphatic hydroxyl groups excluding tert-OH is 1. The van der Waals surface area contributed by atoms with Crippen molar-refractivity contribution in [3.8, 4) is 0 Å². The molecule has 1 nitrogen and oxygen atoms in total. The first kappa shape index (κ1) is 6.81. The summed E-state index contributed by atoms with van der Waals surface area (Å²) >= 11 is 0.417. The van der Waals surface area contributed by atoms with E-state index < -0.39 is 0 Å². The Kier molecular flexibility index (Phi) is 2.56. The molecule has 1 saturated carbocycles. The fourth-order valence-corrected chi connectivity index (χ4v) is 3.18. The average Bonchev–Trinajstić information content (AvgIpc) is 2.14. The number of rotatable bonds is 1. The van der Waals surface area contributed by atoms with Crippen molar-refractivity contribution in [2.75, 3.05) is 4.93 Å². The van der Waals surface area contributed by atoms with E-state index in [1.165, 1.54) is 6.42 Å². The quantitative estimate of drug-likeness (QED) is 0.392. The second-order valence-corrected chi connectivity index (χ2v) is 5.29. The fraction of sp³-hybridized carbons (Fsp3) is 1.00. The number of aliphatic hydroxyl groups is 1. The molecular weight excluding hydrogens is 215 g/mol. The SMILES string of the molecule is C[I-]C1CCC(O)C1. The molecule has 1 aliphatic rings. The summed E-state index contributed by atoms with van der Waals surface area (Å²) in [6.07, 6.45) is 3.52. The molecule has 2 atom stereocenters. The third-order valence-electron chi connectivity index (χ3n) is 1.65. The maximum atomic E-state index is 9.05. The Morgan fingerprint density at radius 2 is 2.25 bits per heavy atom. The Morgan fingerprint density at radius 3 is 2.50 bits per heavy atom. The van der Waals surface area contributed by atoms with E-state index in [-0.39, 0.29) is 6.10 Å². The van der Waals surface area contributed by atoms with Gasteiger partial charge in [0.25, 0.3) is 0 Å². The first-order chi connectivity index (χ1) is 3.83. The van der Waals surface area contributed by atoms with Gasteiger partial charge in [0.1, 0.15) is 0 Å². The van der Waals surface area contributed by atoms with Crippen LogP contribution < -0.4 is 21.2 Å². The molecule has 2 heteroatoms. The summed E-state index contributed by atoms with van der Waals surface area (Å²) < 4.78 is 0.934. The molecule has 2 unspecified atom stereocenters. The molecule has 1 N–H and O–H groups in total. The molecule has 0 radical (unpaired) electrons. The molecule has 0 aliphatic heterocycles. The van der Waals surface area contributed by atoms with Gasteiger partial charge in [0.2, 0.25) is 0 Å². The normalized spacial score (nSPS) is 38.8. The van der Waals surface area contributed by atoms with Gasteiger partial charge >= 0.3 is 60.5 Å². The van der Waals surface area contributed by atoms with Crippen molar-refractivity contribution in [2.24, 2.45) is 0 Å². The first-order valence-corrected chi connectivity index (χ1v) is 6.39. The van der Waals surface area contributed by atoms with Gasteiger partial charge in [-0.1, -0.05) is 0 Å². The topological polar surface area (TPSA) is 20.2 Å². The van der Waals surface area contributed by atoms with E-state index in [0.717, 1.165) is 16.8 Å². The summed E-state index contributed by atoms with van der Waals surface area (Å²) in [7, 11) is 0. The van der Waals surface area contributed by atoms with E-state index in [1.807, 2.05) is 0 Å². The van der Waals surface area contributed by atoms with Gasteiger partial charge in [0.05, 0.1) is 0 Å². The standard InChI is InChI=1S/C6H12IO/c1-7-5-2-3-6(8)4-5/h5-6,8H,2-4H2,1H3/q-1. The van der Waals surface area contributed by atoms with Crippen molar-refractivity contribution in [2.45, 2.75) is 29.3 Å². The monoisotopic (exact) mass is 227 g/mol. The summed E-state index contributed by atoms with van der Waals surface area (Å²) in [6, 6.07) is 0. The first-order valence-electron chi connectivity index (χ1n) is 2.99. The molecule has 1 aliphatic carbocycles. The predicted octanol–water partition coefficient (Wildman–Crippen LogP) is -2.38. The zero-order valence-electron chi connectivity index (χ0n) is 5.10. The van der Waals surface area contributed by atoms with Crippen molar-refractivity contribution >= 4 is 0 Å². The average molecular weight is 227 g/mol. The van der Waals surface area contributed by atoms with E-state index in [2.05, 4.69) is 4.93 Å². The van der Waals surface area contributed by atoms with E-state index in [1.54, 1.807) is 0 Å². The number of alkyl halides is 2. The van der Waals surface area contributed by atoms with Crippen LogP contribution in [0.4, 0.5) is 0 Å². The zero-order chi connectivity index (χ0) is 5.98. The van der Waals surface area contributed by atoms with Crippen LogP contribution in [-0.4, -0.2) is 20.1 Å². The minimum absolute atomic E-state index is 0.0552. The van der Waals surface area contributed by atoms with Crippen molar-refractivity contribution < 1.29 is 26.3 Å². The van der Waals surface area contributed by atoms with Gasteiger partial charge in [-0.05, 0) is 0 Å². The van der Waals surface area contributed by atoms with Crippen LogP contribution in [0.15, 0.2) is 0 Å². The van der Waals surface area contributed by atoms with Gasteiger partial charge in [-0.15, -0.1) is 0 Å². The third kappa shape index (κ3) is 1.58. The van der Waals surface area contributed by atoms with Crippen LogP contribution in [-0.2, 0) is 0 Å². The fourth-order valence-electron chi connectivity index (χ4n) is 1.10. The Labute approximate surface area is 60.7 Å². The van der Waals surface area contributed by atoms with Gasteiger partial charge in [-0.2, -0.15) is 0 Å². The third-order valence-corrected chi connectivity index (χ3v) is 4.54. The molecule has 1 fully saturated rings. The van der Waals surface area contributed by atoms with E-state index in [0.29, 0.717) is 21.2 Å². The van der Waals surface area contributed by atoms with E-state index in [4.69, 9.17) is 5.11 Å². The Bertz CT molecular complexity index is 74.9. The molecule has 0 bridgehead atoms. The summed E-state index contributed by atoms with van der Waals surface area (Å²) in [6.45, 7) is 0. The number of hydrogen-bond acceptors (Lipinski definition) is 1. The van der Waals surface area contributed by atoms with Crippen LogP contribution in [0.5, 0.6) is 0 Å². The van der Waals surface area contributed by atoms with E-state index >= 15 is 0 Å². The van der Waals surface area contributed by atoms with Gasteiger partial charge < -0.3 is 0 Å². The molecule has 1 rings (SSSR count). The molecule has 0 saturated heterocycles. The van der Waals surface area contributed by atoms with Crippen LogP contribution in [0.1, 0.15) is 19.3 Å². The second-order valence-electron chi connectivity index (χ2n) is 2.28. The predicted molar refractivity (Wildman–Crippen MR) is 29.6 cm³/mol. The Hall–Kier alpha value is 0.690. The van der Waals surface area contributed by atoms with Crippen molar-refractivity contribution in [3.63, 3.8) is 0 Å². The minimum atomic E-state index is 0.0552. The molecule has 0 aromatic heterocycles. The van der Waals surface area contributed by atoms with Crippen molar-refractivity contribution in [3.05, 3.63) is 0 Å². The van der Waals surface area contributed by atoms with Gasteiger partial charge in [-0.25, -0.2) is 0 Å². The van der Waals surface area contributed by atoms with Crippen LogP contribution in [0.25, 0.3) is 0 Å². The molecule has 0 aromatic carbocycles. The molecule has 8 heavy (non-hydrogen) atoms. The van der Waals surface area contributed by atoms with Gasteiger partial charge in [0, 0.05) is 0 Å². The Morgan fingerprint density at radius 1 is 1.50 bits per heavy atom. The van der Waals surface area contributed by atoms with Gasteiger partial charge in [-0.3, -0.25) is 0 Å². The summed E-state index contributed by atoms with van der Waals surface area (Å²) in [4.78, 5) is 2.31. The Balaban J connectivity index is 2.22. The van der Waals surface area contributed by atoms with E-state index in [9.17, 15) is 0 Å². The molecule has 0 aromatic rings. The maximum absolute atomic E-state index is 9.05. The molecule has 0 heterocycles. The molecule has 50 valence electrons. The zero-order valence-corrected chi connectivity index (χ0v) is 7.26.